The van der Waals surface area contributed by atoms with E-state index in [1.165, 1.54) is 0 Å². The van der Waals surface area contributed by atoms with Gasteiger partial charge in [0.05, 0.1) is 24.0 Å². The Hall–Kier alpha value is -2.59. The molecule has 0 aliphatic rings. The molecule has 2 heterocycles. The molecular weight excluding hydrogens is 290 g/mol. The summed E-state index contributed by atoms with van der Waals surface area (Å²) >= 11 is 0. The molecular formula is C19H19NO3. The average Bonchev–Trinajstić information content (AvgIpc) is 3.00. The number of rotatable bonds is 5. The Kier molecular flexibility index (Phi) is 4.17. The lowest BCUT2D eigenvalue weighted by Gasteiger charge is -2.20. The van der Waals surface area contributed by atoms with Crippen molar-refractivity contribution in [3.63, 3.8) is 0 Å². The van der Waals surface area contributed by atoms with Crippen LogP contribution in [-0.4, -0.2) is 15.5 Å². The first-order chi connectivity index (χ1) is 11.1. The van der Waals surface area contributed by atoms with Crippen LogP contribution in [0.15, 0.2) is 54.7 Å². The van der Waals surface area contributed by atoms with Crippen LogP contribution in [0.3, 0.4) is 0 Å². The highest BCUT2D eigenvalue weighted by Crippen LogP contribution is 2.27. The third-order valence-corrected chi connectivity index (χ3v) is 4.08. The number of fused-ring (bicyclic) bond motifs is 1. The highest BCUT2D eigenvalue weighted by atomic mass is 16.5. The predicted molar refractivity (Wildman–Crippen MR) is 88.7 cm³/mol. The van der Waals surface area contributed by atoms with E-state index >= 15 is 0 Å². The van der Waals surface area contributed by atoms with Crippen molar-refractivity contribution in [1.82, 2.24) is 4.40 Å². The van der Waals surface area contributed by atoms with Gasteiger partial charge in [0, 0.05) is 11.7 Å². The number of aromatic nitrogens is 1. The standard InChI is InChI=1S/C19H19NO3/c1-13-17(19(21)22)11-16-9-6-10-20(16)18(13)14(2)23-12-15-7-4-3-5-8-15/h3-11,14H,12H2,1-2H3,(H,21,22). The highest BCUT2D eigenvalue weighted by molar-refractivity contribution is 5.91. The summed E-state index contributed by atoms with van der Waals surface area (Å²) in [6, 6.07) is 15.5. The van der Waals surface area contributed by atoms with E-state index in [-0.39, 0.29) is 6.10 Å². The summed E-state index contributed by atoms with van der Waals surface area (Å²) in [4.78, 5) is 11.5. The molecule has 0 spiro atoms. The van der Waals surface area contributed by atoms with E-state index in [1.54, 1.807) is 6.07 Å². The largest absolute Gasteiger partial charge is 0.478 e. The second-order valence-electron chi connectivity index (χ2n) is 5.62. The molecule has 3 rings (SSSR count). The third kappa shape index (κ3) is 2.98. The Balaban J connectivity index is 1.95. The molecule has 0 saturated heterocycles. The number of benzene rings is 1. The summed E-state index contributed by atoms with van der Waals surface area (Å²) < 4.78 is 7.99. The molecule has 1 atom stereocenters. The molecule has 0 saturated carbocycles. The first kappa shape index (κ1) is 15.3. The number of aromatic carboxylic acids is 1. The molecule has 0 aliphatic carbocycles. The van der Waals surface area contributed by atoms with Crippen molar-refractivity contribution < 1.29 is 14.6 Å². The Labute approximate surface area is 135 Å². The van der Waals surface area contributed by atoms with Gasteiger partial charge in [-0.1, -0.05) is 30.3 Å². The lowest BCUT2D eigenvalue weighted by atomic mass is 10.0. The molecule has 0 fully saturated rings. The summed E-state index contributed by atoms with van der Waals surface area (Å²) in [5.74, 6) is -0.914. The Bertz CT molecular complexity index is 836. The highest BCUT2D eigenvalue weighted by Gasteiger charge is 2.19. The number of hydrogen-bond donors (Lipinski definition) is 1. The summed E-state index contributed by atoms with van der Waals surface area (Å²) in [6.07, 6.45) is 1.72. The molecule has 0 radical (unpaired) electrons. The van der Waals surface area contributed by atoms with Crippen LogP contribution >= 0.6 is 0 Å². The first-order valence-corrected chi connectivity index (χ1v) is 7.57. The fourth-order valence-corrected chi connectivity index (χ4v) is 2.90. The lowest BCUT2D eigenvalue weighted by molar-refractivity contribution is 0.0484. The molecule has 1 aromatic carbocycles. The molecule has 118 valence electrons. The van der Waals surface area contributed by atoms with E-state index in [2.05, 4.69) is 0 Å². The van der Waals surface area contributed by atoms with Gasteiger partial charge >= 0.3 is 5.97 Å². The SMILES string of the molecule is Cc1c(C(=O)O)cc2cccn2c1C(C)OCc1ccccc1. The maximum atomic E-state index is 11.5. The molecule has 1 N–H and O–H groups in total. The second kappa shape index (κ2) is 6.26. The van der Waals surface area contributed by atoms with Gasteiger partial charge in [-0.3, -0.25) is 0 Å². The molecule has 1 unspecified atom stereocenters. The molecule has 0 amide bonds. The van der Waals surface area contributed by atoms with Crippen LogP contribution in [0.2, 0.25) is 0 Å². The molecule has 23 heavy (non-hydrogen) atoms. The summed E-state index contributed by atoms with van der Waals surface area (Å²) in [7, 11) is 0. The van der Waals surface area contributed by atoms with Gasteiger partial charge in [0.1, 0.15) is 0 Å². The molecule has 0 aliphatic heterocycles. The second-order valence-corrected chi connectivity index (χ2v) is 5.62. The fraction of sp³-hybridized carbons (Fsp3) is 0.211. The predicted octanol–water partition coefficient (Wildman–Crippen LogP) is 4.22. The Morgan fingerprint density at radius 2 is 1.96 bits per heavy atom. The smallest absolute Gasteiger partial charge is 0.336 e. The van der Waals surface area contributed by atoms with Gasteiger partial charge in [0.15, 0.2) is 0 Å². The summed E-state index contributed by atoms with van der Waals surface area (Å²) in [5, 5.41) is 9.43. The van der Waals surface area contributed by atoms with Crippen LogP contribution in [0.5, 0.6) is 0 Å². The van der Waals surface area contributed by atoms with E-state index in [0.29, 0.717) is 12.2 Å². The monoisotopic (exact) mass is 309 g/mol. The van der Waals surface area contributed by atoms with Gasteiger partial charge in [-0.2, -0.15) is 0 Å². The lowest BCUT2D eigenvalue weighted by Crippen LogP contribution is -2.12. The number of hydrogen-bond acceptors (Lipinski definition) is 2. The molecule has 2 aromatic heterocycles. The molecule has 4 nitrogen and oxygen atoms in total. The Morgan fingerprint density at radius 3 is 2.65 bits per heavy atom. The van der Waals surface area contributed by atoms with E-state index in [9.17, 15) is 9.90 Å². The van der Waals surface area contributed by atoms with Crippen molar-refractivity contribution in [2.75, 3.05) is 0 Å². The quantitative estimate of drug-likeness (QED) is 0.767. The van der Waals surface area contributed by atoms with Crippen LogP contribution in [0.4, 0.5) is 0 Å². The zero-order valence-corrected chi connectivity index (χ0v) is 13.2. The molecule has 4 heteroatoms. The summed E-state index contributed by atoms with van der Waals surface area (Å²) in [5.41, 5.74) is 3.89. The fourth-order valence-electron chi connectivity index (χ4n) is 2.90. The van der Waals surface area contributed by atoms with Crippen molar-refractivity contribution in [2.24, 2.45) is 0 Å². The van der Waals surface area contributed by atoms with E-state index in [4.69, 9.17) is 4.74 Å². The van der Waals surface area contributed by atoms with Crippen molar-refractivity contribution in [3.8, 4) is 0 Å². The number of carbonyl (C=O) groups is 1. The zero-order valence-electron chi connectivity index (χ0n) is 13.2. The molecule has 0 bridgehead atoms. The normalized spacial score (nSPS) is 12.4. The first-order valence-electron chi connectivity index (χ1n) is 7.57. The van der Waals surface area contributed by atoms with E-state index in [0.717, 1.165) is 22.3 Å². The van der Waals surface area contributed by atoms with Crippen LogP contribution in [0.1, 0.15) is 40.2 Å². The number of nitrogens with zero attached hydrogens (tertiary/aromatic N) is 1. The van der Waals surface area contributed by atoms with E-state index < -0.39 is 5.97 Å². The number of ether oxygens (including phenoxy) is 1. The maximum Gasteiger partial charge on any atom is 0.336 e. The minimum Gasteiger partial charge on any atom is -0.478 e. The molecule has 3 aromatic rings. The van der Waals surface area contributed by atoms with Gasteiger partial charge in [-0.15, -0.1) is 0 Å². The van der Waals surface area contributed by atoms with Crippen molar-refractivity contribution in [3.05, 3.63) is 77.1 Å². The van der Waals surface area contributed by atoms with Crippen LogP contribution in [-0.2, 0) is 11.3 Å². The number of carboxylic acids is 1. The van der Waals surface area contributed by atoms with Crippen molar-refractivity contribution in [2.45, 2.75) is 26.6 Å². The van der Waals surface area contributed by atoms with Crippen LogP contribution in [0, 0.1) is 6.92 Å². The van der Waals surface area contributed by atoms with Crippen LogP contribution in [0.25, 0.3) is 5.52 Å². The van der Waals surface area contributed by atoms with Gasteiger partial charge < -0.3 is 14.2 Å². The number of pyridine rings is 1. The topological polar surface area (TPSA) is 50.9 Å². The minimum absolute atomic E-state index is 0.218. The minimum atomic E-state index is -0.914. The van der Waals surface area contributed by atoms with Gasteiger partial charge in [0.25, 0.3) is 0 Å². The zero-order chi connectivity index (χ0) is 16.4. The Morgan fingerprint density at radius 1 is 1.22 bits per heavy atom. The summed E-state index contributed by atoms with van der Waals surface area (Å²) in [6.45, 7) is 4.28. The number of carboxylic acid groups (broad SMARTS) is 1. The van der Waals surface area contributed by atoms with Gasteiger partial charge in [-0.25, -0.2) is 4.79 Å². The van der Waals surface area contributed by atoms with Crippen molar-refractivity contribution >= 4 is 11.5 Å². The third-order valence-electron chi connectivity index (χ3n) is 4.08. The van der Waals surface area contributed by atoms with Gasteiger partial charge in [0.2, 0.25) is 0 Å². The van der Waals surface area contributed by atoms with Gasteiger partial charge in [-0.05, 0) is 43.2 Å². The maximum absolute atomic E-state index is 11.5. The average molecular weight is 309 g/mol. The van der Waals surface area contributed by atoms with Crippen LogP contribution < -0.4 is 0 Å². The van der Waals surface area contributed by atoms with Crippen molar-refractivity contribution in [1.29, 1.82) is 0 Å². The van der Waals surface area contributed by atoms with E-state index in [1.807, 2.05) is 66.9 Å².